The minimum Gasteiger partial charge on any atom is -0.205 e. The first-order valence-electron chi connectivity index (χ1n) is 6.70. The van der Waals surface area contributed by atoms with Gasteiger partial charge in [-0.1, -0.05) is 35.9 Å². The Balaban J connectivity index is 0.000000200. The molecule has 0 radical (unpaired) electrons. The van der Waals surface area contributed by atoms with Gasteiger partial charge in [0.1, 0.15) is 5.82 Å². The fraction of sp³-hybridized carbons (Fsp3) is 0.333. The van der Waals surface area contributed by atoms with Gasteiger partial charge in [-0.2, -0.15) is 0 Å². The zero-order valence-corrected chi connectivity index (χ0v) is 13.8. The van der Waals surface area contributed by atoms with Crippen LogP contribution in [0.1, 0.15) is 33.4 Å². The van der Waals surface area contributed by atoms with Crippen LogP contribution in [-0.4, -0.2) is 0 Å². The van der Waals surface area contributed by atoms with Gasteiger partial charge in [0.15, 0.2) is 0 Å². The molecule has 2 aromatic rings. The summed E-state index contributed by atoms with van der Waals surface area (Å²) < 4.78 is 12.9. The second-order valence-corrected chi connectivity index (χ2v) is 5.65. The van der Waals surface area contributed by atoms with Crippen LogP contribution < -0.4 is 0 Å². The Kier molecular flexibility index (Phi) is 5.76. The van der Waals surface area contributed by atoms with E-state index in [9.17, 15) is 4.39 Å². The molecule has 0 amide bonds. The van der Waals surface area contributed by atoms with Crippen LogP contribution in [0.25, 0.3) is 0 Å². The summed E-state index contributed by atoms with van der Waals surface area (Å²) in [4.78, 5) is 0. The molecule has 0 bridgehead atoms. The van der Waals surface area contributed by atoms with Gasteiger partial charge in [0.25, 0.3) is 0 Å². The second kappa shape index (κ2) is 6.90. The summed E-state index contributed by atoms with van der Waals surface area (Å²) >= 11 is 5.61. The normalized spacial score (nSPS) is 10.0. The highest BCUT2D eigenvalue weighted by Gasteiger charge is 2.04. The van der Waals surface area contributed by atoms with Gasteiger partial charge >= 0.3 is 0 Å². The van der Waals surface area contributed by atoms with E-state index in [0.29, 0.717) is 5.56 Å². The summed E-state index contributed by atoms with van der Waals surface area (Å²) in [5.74, 6) is -0.304. The lowest BCUT2D eigenvalue weighted by atomic mass is 10.0. The van der Waals surface area contributed by atoms with Crippen molar-refractivity contribution in [2.24, 2.45) is 0 Å². The molecule has 0 N–H and O–H groups in total. The van der Waals surface area contributed by atoms with Gasteiger partial charge in [0, 0.05) is 0 Å². The highest BCUT2D eigenvalue weighted by Crippen LogP contribution is 2.21. The fourth-order valence-electron chi connectivity index (χ4n) is 1.83. The van der Waals surface area contributed by atoms with Gasteiger partial charge in [-0.3, -0.25) is 0 Å². The van der Waals surface area contributed by atoms with Gasteiger partial charge in [-0.05, 0) is 74.9 Å². The molecular weight excluding hydrogens is 271 g/mol. The first kappa shape index (κ1) is 16.7. The molecule has 2 aromatic carbocycles. The first-order valence-corrected chi connectivity index (χ1v) is 7.08. The van der Waals surface area contributed by atoms with E-state index in [1.54, 1.807) is 26.0 Å². The molecule has 0 fully saturated rings. The maximum Gasteiger partial charge on any atom is 0.144 e. The Labute approximate surface area is 126 Å². The molecule has 2 rings (SSSR count). The van der Waals surface area contributed by atoms with E-state index in [1.165, 1.54) is 22.3 Å². The van der Waals surface area contributed by atoms with Crippen molar-refractivity contribution in [3.8, 4) is 0 Å². The van der Waals surface area contributed by atoms with Crippen molar-refractivity contribution in [3.05, 3.63) is 68.5 Å². The van der Waals surface area contributed by atoms with Crippen molar-refractivity contribution in [2.75, 3.05) is 0 Å². The average molecular weight is 293 g/mol. The summed E-state index contributed by atoms with van der Waals surface area (Å²) in [6, 6.07) is 7.88. The third-order valence-corrected chi connectivity index (χ3v) is 4.26. The lowest BCUT2D eigenvalue weighted by molar-refractivity contribution is 0.618. The third kappa shape index (κ3) is 3.83. The molecule has 0 aliphatic rings. The maximum atomic E-state index is 12.9. The molecule has 0 unspecified atom stereocenters. The predicted molar refractivity (Wildman–Crippen MR) is 86.3 cm³/mol. The van der Waals surface area contributed by atoms with Gasteiger partial charge in [-0.15, -0.1) is 0 Å². The quantitative estimate of drug-likeness (QED) is 0.557. The number of benzene rings is 2. The largest absolute Gasteiger partial charge is 0.205 e. The van der Waals surface area contributed by atoms with Gasteiger partial charge < -0.3 is 0 Å². The molecule has 2 heteroatoms. The summed E-state index contributed by atoms with van der Waals surface area (Å²) in [5, 5.41) is 0.236. The molecule has 0 saturated carbocycles. The Bertz CT molecular complexity index is 506. The monoisotopic (exact) mass is 292 g/mol. The molecular formula is C18H22ClF. The van der Waals surface area contributed by atoms with Crippen molar-refractivity contribution in [1.82, 2.24) is 0 Å². The zero-order chi connectivity index (χ0) is 15.4. The van der Waals surface area contributed by atoms with E-state index in [0.717, 1.165) is 5.56 Å². The summed E-state index contributed by atoms with van der Waals surface area (Å²) in [6.45, 7) is 12.1. The van der Waals surface area contributed by atoms with Crippen molar-refractivity contribution in [1.29, 1.82) is 0 Å². The topological polar surface area (TPSA) is 0 Å². The van der Waals surface area contributed by atoms with Gasteiger partial charge in [0.2, 0.25) is 0 Å². The zero-order valence-electron chi connectivity index (χ0n) is 13.1. The summed E-state index contributed by atoms with van der Waals surface area (Å²) in [6.07, 6.45) is 0. The van der Waals surface area contributed by atoms with Crippen molar-refractivity contribution in [2.45, 2.75) is 41.5 Å². The number of rotatable bonds is 0. The van der Waals surface area contributed by atoms with Gasteiger partial charge in [0.05, 0.1) is 5.02 Å². The number of halogens is 2. The SMILES string of the molecule is Cc1ccc(C)c(C)c1C.Cc1ccc(C)c(Cl)c1F. The number of hydrogen-bond acceptors (Lipinski definition) is 0. The van der Waals surface area contributed by atoms with E-state index in [2.05, 4.69) is 39.8 Å². The molecule has 0 aliphatic heterocycles. The highest BCUT2D eigenvalue weighted by atomic mass is 35.5. The molecule has 0 aromatic heterocycles. The van der Waals surface area contributed by atoms with Crippen LogP contribution in [0, 0.1) is 47.4 Å². The van der Waals surface area contributed by atoms with Crippen LogP contribution in [0.15, 0.2) is 24.3 Å². The lowest BCUT2D eigenvalue weighted by Gasteiger charge is -2.06. The van der Waals surface area contributed by atoms with E-state index in [4.69, 9.17) is 11.6 Å². The van der Waals surface area contributed by atoms with Crippen LogP contribution in [0.3, 0.4) is 0 Å². The summed E-state index contributed by atoms with van der Waals surface area (Å²) in [7, 11) is 0. The third-order valence-electron chi connectivity index (χ3n) is 3.80. The lowest BCUT2D eigenvalue weighted by Crippen LogP contribution is -1.88. The first-order chi connectivity index (χ1) is 9.25. The standard InChI is InChI=1S/C10H14.C8H8ClF/c1-7-5-6-8(2)10(4)9(7)3;1-5-3-4-6(2)8(10)7(5)9/h5-6H,1-4H3;3-4H,1-2H3. The average Bonchev–Trinajstić information content (AvgIpc) is 2.43. The van der Waals surface area contributed by atoms with Crippen LogP contribution in [-0.2, 0) is 0 Å². The second-order valence-electron chi connectivity index (χ2n) is 5.28. The Morgan fingerprint density at radius 2 is 1.00 bits per heavy atom. The molecule has 108 valence electrons. The van der Waals surface area contributed by atoms with Crippen molar-refractivity contribution in [3.63, 3.8) is 0 Å². The van der Waals surface area contributed by atoms with Crippen molar-refractivity contribution < 1.29 is 4.39 Å². The highest BCUT2D eigenvalue weighted by molar-refractivity contribution is 6.31. The minimum absolute atomic E-state index is 0.236. The molecule has 0 saturated heterocycles. The van der Waals surface area contributed by atoms with Crippen molar-refractivity contribution >= 4 is 11.6 Å². The van der Waals surface area contributed by atoms with Crippen LogP contribution in [0.5, 0.6) is 0 Å². The van der Waals surface area contributed by atoms with Crippen LogP contribution in [0.2, 0.25) is 5.02 Å². The van der Waals surface area contributed by atoms with E-state index in [-0.39, 0.29) is 10.8 Å². The number of hydrogen-bond donors (Lipinski definition) is 0. The predicted octanol–water partition coefficient (Wildman–Crippen LogP) is 6.02. The van der Waals surface area contributed by atoms with E-state index in [1.807, 2.05) is 0 Å². The molecule has 0 heterocycles. The summed E-state index contributed by atoms with van der Waals surface area (Å²) in [5.41, 5.74) is 7.02. The maximum absolute atomic E-state index is 12.9. The van der Waals surface area contributed by atoms with Crippen LogP contribution in [0.4, 0.5) is 4.39 Å². The molecule has 0 nitrogen and oxygen atoms in total. The number of aryl methyl sites for hydroxylation is 4. The minimum atomic E-state index is -0.304. The van der Waals surface area contributed by atoms with Crippen LogP contribution >= 0.6 is 11.6 Å². The van der Waals surface area contributed by atoms with E-state index < -0.39 is 0 Å². The smallest absolute Gasteiger partial charge is 0.144 e. The Morgan fingerprint density at radius 3 is 1.40 bits per heavy atom. The Hall–Kier alpha value is -1.34. The molecule has 20 heavy (non-hydrogen) atoms. The Morgan fingerprint density at radius 1 is 0.650 bits per heavy atom. The molecule has 0 aliphatic carbocycles. The van der Waals surface area contributed by atoms with E-state index >= 15 is 0 Å². The molecule has 0 spiro atoms. The molecule has 0 atom stereocenters. The fourth-order valence-corrected chi connectivity index (χ4v) is 2.05. The van der Waals surface area contributed by atoms with Gasteiger partial charge in [-0.25, -0.2) is 4.39 Å².